The van der Waals surface area contributed by atoms with Crippen molar-refractivity contribution in [1.29, 1.82) is 0 Å². The minimum absolute atomic E-state index is 0.0818. The quantitative estimate of drug-likeness (QED) is 0.349. The van der Waals surface area contributed by atoms with E-state index < -0.39 is 6.23 Å². The van der Waals surface area contributed by atoms with Crippen molar-refractivity contribution in [3.05, 3.63) is 0 Å². The normalized spacial score (nSPS) is 23.8. The molecule has 1 rings (SSSR count). The van der Waals surface area contributed by atoms with E-state index in [9.17, 15) is 5.11 Å². The molecule has 0 spiro atoms. The zero-order valence-electron chi connectivity index (χ0n) is 6.76. The van der Waals surface area contributed by atoms with Crippen LogP contribution in [0, 0.1) is 0 Å². The average molecular weight is 175 g/mol. The summed E-state index contributed by atoms with van der Waals surface area (Å²) in [7, 11) is 0. The summed E-state index contributed by atoms with van der Waals surface area (Å²) < 4.78 is 0. The van der Waals surface area contributed by atoms with Crippen LogP contribution in [0.4, 0.5) is 0 Å². The lowest BCUT2D eigenvalue weighted by atomic mass is 10.4. The second-order valence-electron chi connectivity index (χ2n) is 2.51. The SMILES string of the molecule is OCCO/N=N\N1CCCC1O. The van der Waals surface area contributed by atoms with Gasteiger partial charge in [0.25, 0.3) is 0 Å². The summed E-state index contributed by atoms with van der Waals surface area (Å²) in [4.78, 5) is 4.55. The molecule has 0 saturated carbocycles. The van der Waals surface area contributed by atoms with E-state index in [1.807, 2.05) is 0 Å². The van der Waals surface area contributed by atoms with Gasteiger partial charge in [-0.3, -0.25) is 0 Å². The van der Waals surface area contributed by atoms with E-state index in [-0.39, 0.29) is 13.2 Å². The van der Waals surface area contributed by atoms with Gasteiger partial charge in [0.2, 0.25) is 0 Å². The third-order valence-corrected chi connectivity index (χ3v) is 1.59. The van der Waals surface area contributed by atoms with Gasteiger partial charge >= 0.3 is 0 Å². The van der Waals surface area contributed by atoms with Crippen molar-refractivity contribution >= 4 is 0 Å². The van der Waals surface area contributed by atoms with Gasteiger partial charge in [0, 0.05) is 11.8 Å². The van der Waals surface area contributed by atoms with Crippen LogP contribution in [0.5, 0.6) is 0 Å². The molecule has 0 amide bonds. The molecule has 0 aromatic rings. The lowest BCUT2D eigenvalue weighted by Crippen LogP contribution is -2.22. The number of hydrogen-bond acceptors (Lipinski definition) is 5. The third kappa shape index (κ3) is 2.63. The summed E-state index contributed by atoms with van der Waals surface area (Å²) >= 11 is 0. The molecule has 6 nitrogen and oxygen atoms in total. The van der Waals surface area contributed by atoms with Gasteiger partial charge in [0.05, 0.1) is 6.61 Å². The van der Waals surface area contributed by atoms with Gasteiger partial charge in [-0.05, 0) is 18.1 Å². The van der Waals surface area contributed by atoms with E-state index in [1.165, 1.54) is 5.01 Å². The summed E-state index contributed by atoms with van der Waals surface area (Å²) in [5.41, 5.74) is 0. The molecule has 1 aliphatic rings. The molecular weight excluding hydrogens is 162 g/mol. The van der Waals surface area contributed by atoms with Gasteiger partial charge in [-0.2, -0.15) is 0 Å². The van der Waals surface area contributed by atoms with Crippen LogP contribution in [-0.2, 0) is 4.84 Å². The molecule has 1 fully saturated rings. The zero-order chi connectivity index (χ0) is 8.81. The van der Waals surface area contributed by atoms with Gasteiger partial charge in [0.1, 0.15) is 12.8 Å². The van der Waals surface area contributed by atoms with Crippen LogP contribution in [0.2, 0.25) is 0 Å². The Bertz CT molecular complexity index is 153. The van der Waals surface area contributed by atoms with E-state index >= 15 is 0 Å². The van der Waals surface area contributed by atoms with Crippen LogP contribution >= 0.6 is 0 Å². The van der Waals surface area contributed by atoms with Crippen LogP contribution in [0.25, 0.3) is 0 Å². The Morgan fingerprint density at radius 2 is 2.42 bits per heavy atom. The number of aliphatic hydroxyl groups is 2. The Kier molecular flexibility index (Phi) is 3.75. The van der Waals surface area contributed by atoms with Crippen molar-refractivity contribution in [3.8, 4) is 0 Å². The molecular formula is C6H13N3O3. The molecule has 6 heteroatoms. The lowest BCUT2D eigenvalue weighted by molar-refractivity contribution is 0.00565. The van der Waals surface area contributed by atoms with Crippen molar-refractivity contribution in [2.45, 2.75) is 19.1 Å². The van der Waals surface area contributed by atoms with Gasteiger partial charge in [0.15, 0.2) is 0 Å². The fourth-order valence-electron chi connectivity index (χ4n) is 0.993. The maximum atomic E-state index is 9.21. The molecule has 2 N–H and O–H groups in total. The fourth-order valence-corrected chi connectivity index (χ4v) is 0.993. The first kappa shape index (κ1) is 9.21. The number of hydrogen-bond donors (Lipinski definition) is 2. The Morgan fingerprint density at radius 3 is 3.00 bits per heavy atom. The predicted molar refractivity (Wildman–Crippen MR) is 39.8 cm³/mol. The molecule has 1 aliphatic heterocycles. The molecule has 1 unspecified atom stereocenters. The minimum atomic E-state index is -0.536. The summed E-state index contributed by atoms with van der Waals surface area (Å²) in [6.07, 6.45) is 1.10. The van der Waals surface area contributed by atoms with Gasteiger partial charge in [-0.1, -0.05) is 0 Å². The molecule has 1 saturated heterocycles. The largest absolute Gasteiger partial charge is 0.393 e. The first-order chi connectivity index (χ1) is 5.84. The second-order valence-corrected chi connectivity index (χ2v) is 2.51. The van der Waals surface area contributed by atoms with Crippen LogP contribution < -0.4 is 0 Å². The van der Waals surface area contributed by atoms with Crippen LogP contribution in [-0.4, -0.2) is 41.2 Å². The highest BCUT2D eigenvalue weighted by Crippen LogP contribution is 2.14. The minimum Gasteiger partial charge on any atom is -0.393 e. The highest BCUT2D eigenvalue weighted by molar-refractivity contribution is 4.64. The molecule has 0 radical (unpaired) electrons. The molecule has 1 atom stereocenters. The van der Waals surface area contributed by atoms with Crippen LogP contribution in [0.1, 0.15) is 12.8 Å². The van der Waals surface area contributed by atoms with Crippen molar-refractivity contribution in [2.24, 2.45) is 10.5 Å². The Labute approximate surface area is 70.4 Å². The highest BCUT2D eigenvalue weighted by Gasteiger charge is 2.20. The predicted octanol–water partition coefficient (Wildman–Crippen LogP) is -0.308. The summed E-state index contributed by atoms with van der Waals surface area (Å²) in [6.45, 7) is 0.752. The molecule has 12 heavy (non-hydrogen) atoms. The van der Waals surface area contributed by atoms with Crippen molar-refractivity contribution < 1.29 is 15.1 Å². The molecule has 0 bridgehead atoms. The number of rotatable bonds is 4. The highest BCUT2D eigenvalue weighted by atomic mass is 16.6. The standard InChI is InChI=1S/C6H13N3O3/c10-4-5-12-8-7-9-3-1-2-6(9)11/h6,10-11H,1-5H2/b8-7-. The maximum Gasteiger partial charge on any atom is 0.144 e. The van der Waals surface area contributed by atoms with E-state index in [2.05, 4.69) is 15.3 Å². The van der Waals surface area contributed by atoms with Gasteiger partial charge < -0.3 is 15.1 Å². The second kappa shape index (κ2) is 4.89. The molecule has 0 aliphatic carbocycles. The third-order valence-electron chi connectivity index (χ3n) is 1.59. The lowest BCUT2D eigenvalue weighted by Gasteiger charge is -2.12. The summed E-state index contributed by atoms with van der Waals surface area (Å²) in [5.74, 6) is 0. The molecule has 70 valence electrons. The number of aliphatic hydroxyl groups excluding tert-OH is 2. The van der Waals surface area contributed by atoms with Crippen LogP contribution in [0.3, 0.4) is 0 Å². The van der Waals surface area contributed by atoms with Crippen molar-refractivity contribution in [1.82, 2.24) is 5.01 Å². The first-order valence-electron chi connectivity index (χ1n) is 3.93. The summed E-state index contributed by atoms with van der Waals surface area (Å²) in [6, 6.07) is 0. The summed E-state index contributed by atoms with van der Waals surface area (Å²) in [5, 5.41) is 25.9. The Balaban J connectivity index is 2.16. The van der Waals surface area contributed by atoms with Crippen LogP contribution in [0.15, 0.2) is 10.5 Å². The van der Waals surface area contributed by atoms with Crippen molar-refractivity contribution in [3.63, 3.8) is 0 Å². The van der Waals surface area contributed by atoms with Gasteiger partial charge in [-0.25, -0.2) is 5.01 Å². The fraction of sp³-hybridized carbons (Fsp3) is 1.00. The van der Waals surface area contributed by atoms with E-state index in [0.717, 1.165) is 12.8 Å². The number of nitrogens with zero attached hydrogens (tertiary/aromatic N) is 3. The topological polar surface area (TPSA) is 77.7 Å². The maximum absolute atomic E-state index is 9.21. The monoisotopic (exact) mass is 175 g/mol. The first-order valence-corrected chi connectivity index (χ1v) is 3.93. The van der Waals surface area contributed by atoms with Gasteiger partial charge in [-0.15, -0.1) is 0 Å². The van der Waals surface area contributed by atoms with Crippen molar-refractivity contribution in [2.75, 3.05) is 19.8 Å². The molecule has 0 aromatic carbocycles. The average Bonchev–Trinajstić information content (AvgIpc) is 2.46. The smallest absolute Gasteiger partial charge is 0.144 e. The Morgan fingerprint density at radius 1 is 1.58 bits per heavy atom. The molecule has 0 aromatic heterocycles. The van der Waals surface area contributed by atoms with E-state index in [4.69, 9.17) is 5.11 Å². The van der Waals surface area contributed by atoms with E-state index in [0.29, 0.717) is 6.54 Å². The molecule has 1 heterocycles. The zero-order valence-corrected chi connectivity index (χ0v) is 6.76. The van der Waals surface area contributed by atoms with E-state index in [1.54, 1.807) is 0 Å². The Hall–Kier alpha value is -0.880.